The molecule has 0 bridgehead atoms. The van der Waals surface area contributed by atoms with Crippen molar-refractivity contribution in [3.8, 4) is 5.75 Å². The van der Waals surface area contributed by atoms with Gasteiger partial charge in [-0.25, -0.2) is 9.59 Å². The van der Waals surface area contributed by atoms with Crippen molar-refractivity contribution >= 4 is 18.0 Å². The molecule has 0 aliphatic carbocycles. The number of ether oxygens (including phenoxy) is 4. The molecule has 13 nitrogen and oxygen atoms in total. The van der Waals surface area contributed by atoms with Crippen LogP contribution in [-0.2, 0) is 28.5 Å². The van der Waals surface area contributed by atoms with Gasteiger partial charge in [0.05, 0.1) is 25.0 Å². The molecule has 2 saturated heterocycles. The van der Waals surface area contributed by atoms with E-state index in [0.717, 1.165) is 18.4 Å². The molecule has 2 aliphatic rings. The third-order valence-corrected chi connectivity index (χ3v) is 5.96. The fraction of sp³-hybridized carbons (Fsp3) is 0.440. The van der Waals surface area contributed by atoms with Crippen molar-refractivity contribution in [1.82, 2.24) is 0 Å². The third kappa shape index (κ3) is 7.03. The van der Waals surface area contributed by atoms with Crippen LogP contribution in [0, 0.1) is 0 Å². The molecule has 0 aromatic heterocycles. The summed E-state index contributed by atoms with van der Waals surface area (Å²) in [6.07, 6.45) is -7.33. The maximum atomic E-state index is 12.2. The minimum Gasteiger partial charge on any atom is -0.508 e. The van der Waals surface area contributed by atoms with Gasteiger partial charge in [-0.05, 0) is 42.3 Å². The molecule has 13 heteroatoms. The summed E-state index contributed by atoms with van der Waals surface area (Å²) in [5.41, 5.74) is 0.462. The van der Waals surface area contributed by atoms with Gasteiger partial charge in [-0.3, -0.25) is 0 Å². The van der Waals surface area contributed by atoms with E-state index in [2.05, 4.69) is 0 Å². The van der Waals surface area contributed by atoms with E-state index < -0.39 is 74.2 Å². The number of phenols is 1. The SMILES string of the molecule is CC(=COC(=O)C=Cc1ccc(O)cc1)[C@H](O)[C@@H]1OC(=O)C(=CCO[C@@H]2O[C@@H](CO)[C@@H](O)[C@@H](O)[C@H]2O)[C@H]1O. The number of esters is 2. The summed E-state index contributed by atoms with van der Waals surface area (Å²) in [4.78, 5) is 24.2. The Balaban J connectivity index is 1.55. The van der Waals surface area contributed by atoms with Crippen LogP contribution in [0.4, 0.5) is 0 Å². The molecule has 0 amide bonds. The zero-order valence-electron chi connectivity index (χ0n) is 20.2. The van der Waals surface area contributed by atoms with Crippen molar-refractivity contribution in [2.45, 2.75) is 55.9 Å². The number of phenolic OH excluding ortho intramolecular Hbond substituents is 1. The predicted molar refractivity (Wildman–Crippen MR) is 127 cm³/mol. The normalized spacial score (nSPS) is 32.0. The molecular weight excluding hydrogens is 508 g/mol. The summed E-state index contributed by atoms with van der Waals surface area (Å²) in [5.74, 6) is -1.63. The topological polar surface area (TPSA) is 213 Å². The molecule has 1 aromatic rings. The van der Waals surface area contributed by atoms with Gasteiger partial charge in [0.1, 0.15) is 42.4 Å². The molecule has 3 rings (SSSR count). The van der Waals surface area contributed by atoms with Crippen molar-refractivity contribution in [3.05, 3.63) is 59.4 Å². The minimum atomic E-state index is -1.65. The minimum absolute atomic E-state index is 0.0754. The second-order valence-electron chi connectivity index (χ2n) is 8.67. The van der Waals surface area contributed by atoms with Crippen LogP contribution in [0.25, 0.3) is 6.08 Å². The zero-order valence-corrected chi connectivity index (χ0v) is 20.2. The van der Waals surface area contributed by atoms with E-state index in [0.29, 0.717) is 5.56 Å². The zero-order chi connectivity index (χ0) is 28.0. The van der Waals surface area contributed by atoms with Crippen LogP contribution in [0.5, 0.6) is 5.75 Å². The summed E-state index contributed by atoms with van der Waals surface area (Å²) in [7, 11) is 0. The highest BCUT2D eigenvalue weighted by Gasteiger charge is 2.45. The number of carbonyl (C=O) groups excluding carboxylic acids is 2. The van der Waals surface area contributed by atoms with Crippen molar-refractivity contribution in [3.63, 3.8) is 0 Å². The van der Waals surface area contributed by atoms with Gasteiger partial charge in [0.15, 0.2) is 12.4 Å². The van der Waals surface area contributed by atoms with E-state index in [4.69, 9.17) is 18.9 Å². The maximum Gasteiger partial charge on any atom is 0.337 e. The summed E-state index contributed by atoms with van der Waals surface area (Å²) in [5, 5.41) is 69.1. The van der Waals surface area contributed by atoms with Crippen molar-refractivity contribution in [2.75, 3.05) is 13.2 Å². The standard InChI is InChI=1S/C25H30O13/c1-12(11-36-17(28)7-4-13-2-5-14(27)6-3-13)18(29)23-19(30)15(24(34)38-23)8-9-35-25-22(33)21(32)20(31)16(10-26)37-25/h2-8,11,16,18-23,25-27,29-33H,9-10H2,1H3/t16-,18-,19+,20+,21+,22+,23-,25+/m0/s1. The molecule has 2 heterocycles. The van der Waals surface area contributed by atoms with Gasteiger partial charge in [0, 0.05) is 6.08 Å². The molecular formula is C25H30O13. The molecule has 208 valence electrons. The van der Waals surface area contributed by atoms with Crippen LogP contribution in [0.3, 0.4) is 0 Å². The lowest BCUT2D eigenvalue weighted by Crippen LogP contribution is -2.59. The van der Waals surface area contributed by atoms with Crippen LogP contribution < -0.4 is 0 Å². The molecule has 0 spiro atoms. The van der Waals surface area contributed by atoms with E-state index in [1.165, 1.54) is 25.1 Å². The summed E-state index contributed by atoms with van der Waals surface area (Å²) >= 11 is 0. The second-order valence-corrected chi connectivity index (χ2v) is 8.67. The number of hydrogen-bond donors (Lipinski definition) is 7. The molecule has 2 fully saturated rings. The summed E-state index contributed by atoms with van der Waals surface area (Å²) in [6, 6.07) is 6.06. The highest BCUT2D eigenvalue weighted by Crippen LogP contribution is 2.27. The van der Waals surface area contributed by atoms with Crippen LogP contribution in [0.15, 0.2) is 53.8 Å². The average Bonchev–Trinajstić information content (AvgIpc) is 3.19. The Morgan fingerprint density at radius 1 is 1.11 bits per heavy atom. The first-order valence-corrected chi connectivity index (χ1v) is 11.6. The Morgan fingerprint density at radius 2 is 1.79 bits per heavy atom. The van der Waals surface area contributed by atoms with Gasteiger partial charge in [-0.15, -0.1) is 0 Å². The molecule has 2 aliphatic heterocycles. The number of aromatic hydroxyl groups is 1. The Morgan fingerprint density at radius 3 is 2.45 bits per heavy atom. The number of aliphatic hydroxyl groups is 6. The molecule has 8 atom stereocenters. The lowest BCUT2D eigenvalue weighted by Gasteiger charge is -2.39. The molecule has 1 aromatic carbocycles. The summed E-state index contributed by atoms with van der Waals surface area (Å²) in [6.45, 7) is 0.353. The van der Waals surface area contributed by atoms with Gasteiger partial charge in [0.25, 0.3) is 0 Å². The van der Waals surface area contributed by atoms with Crippen LogP contribution in [-0.4, -0.2) is 110 Å². The second kappa shape index (κ2) is 13.1. The van der Waals surface area contributed by atoms with Crippen molar-refractivity contribution in [1.29, 1.82) is 0 Å². The fourth-order valence-electron chi connectivity index (χ4n) is 3.70. The van der Waals surface area contributed by atoms with Crippen molar-refractivity contribution < 1.29 is 64.3 Å². The highest BCUT2D eigenvalue weighted by atomic mass is 16.7. The highest BCUT2D eigenvalue weighted by molar-refractivity contribution is 5.92. The Hall–Kier alpha value is -3.14. The number of benzene rings is 1. The average molecular weight is 539 g/mol. The van der Waals surface area contributed by atoms with E-state index in [9.17, 15) is 45.3 Å². The van der Waals surface area contributed by atoms with Gasteiger partial charge >= 0.3 is 11.9 Å². The maximum absolute atomic E-state index is 12.2. The molecule has 0 unspecified atom stereocenters. The van der Waals surface area contributed by atoms with Gasteiger partial charge in [-0.2, -0.15) is 0 Å². The van der Waals surface area contributed by atoms with Gasteiger partial charge in [0.2, 0.25) is 0 Å². The molecule has 0 saturated carbocycles. The van der Waals surface area contributed by atoms with E-state index in [-0.39, 0.29) is 16.9 Å². The quantitative estimate of drug-likeness (QED) is 0.106. The number of carbonyl (C=O) groups is 2. The largest absolute Gasteiger partial charge is 0.508 e. The molecule has 0 radical (unpaired) electrons. The smallest absolute Gasteiger partial charge is 0.337 e. The first-order valence-electron chi connectivity index (χ1n) is 11.6. The van der Waals surface area contributed by atoms with Crippen LogP contribution in [0.1, 0.15) is 12.5 Å². The van der Waals surface area contributed by atoms with Crippen molar-refractivity contribution in [2.24, 2.45) is 0 Å². The third-order valence-electron chi connectivity index (χ3n) is 5.96. The number of rotatable bonds is 9. The van der Waals surface area contributed by atoms with Crippen LogP contribution in [0.2, 0.25) is 0 Å². The van der Waals surface area contributed by atoms with Gasteiger partial charge < -0.3 is 54.7 Å². The Bertz CT molecular complexity index is 1060. The number of cyclic esters (lactones) is 1. The van der Waals surface area contributed by atoms with Gasteiger partial charge in [-0.1, -0.05) is 12.1 Å². The monoisotopic (exact) mass is 538 g/mol. The van der Waals surface area contributed by atoms with E-state index >= 15 is 0 Å². The first-order chi connectivity index (χ1) is 18.0. The molecule has 7 N–H and O–H groups in total. The summed E-state index contributed by atoms with van der Waals surface area (Å²) < 4.78 is 20.5. The van der Waals surface area contributed by atoms with E-state index in [1.807, 2.05) is 0 Å². The number of hydrogen-bond acceptors (Lipinski definition) is 13. The van der Waals surface area contributed by atoms with Crippen LogP contribution >= 0.6 is 0 Å². The Kier molecular flexibility index (Phi) is 10.1. The number of aliphatic hydroxyl groups excluding tert-OH is 6. The lowest BCUT2D eigenvalue weighted by molar-refractivity contribution is -0.298. The lowest BCUT2D eigenvalue weighted by atomic mass is 9.99. The fourth-order valence-corrected chi connectivity index (χ4v) is 3.70. The Labute approximate surface area is 217 Å². The predicted octanol–water partition coefficient (Wildman–Crippen LogP) is -1.76. The molecule has 38 heavy (non-hydrogen) atoms. The first kappa shape index (κ1) is 29.4. The van der Waals surface area contributed by atoms with E-state index in [1.54, 1.807) is 12.1 Å².